The molecule has 0 aliphatic carbocycles. The number of likely N-dealkylation sites (tertiary alicyclic amines) is 1. The molecular weight excluding hydrogens is 408 g/mol. The first-order valence-corrected chi connectivity index (χ1v) is 11.8. The first-order valence-electron chi connectivity index (χ1n) is 11.8. The first kappa shape index (κ1) is 22.7. The van der Waals surface area contributed by atoms with E-state index in [4.69, 9.17) is 0 Å². The lowest BCUT2D eigenvalue weighted by Gasteiger charge is -2.26. The van der Waals surface area contributed by atoms with Crippen LogP contribution in [0.1, 0.15) is 47.3 Å². The zero-order valence-corrected chi connectivity index (χ0v) is 19.0. The van der Waals surface area contributed by atoms with Gasteiger partial charge < -0.3 is 15.5 Å². The molecule has 4 rings (SSSR count). The van der Waals surface area contributed by atoms with Crippen LogP contribution < -0.4 is 10.6 Å². The van der Waals surface area contributed by atoms with Crippen molar-refractivity contribution in [2.24, 2.45) is 0 Å². The Balaban J connectivity index is 1.30. The van der Waals surface area contributed by atoms with Crippen molar-refractivity contribution < 1.29 is 4.79 Å². The number of carbonyl (C=O) groups is 1. The Kier molecular flexibility index (Phi) is 8.25. The number of aromatic nitrogens is 1. The fourth-order valence-corrected chi connectivity index (χ4v) is 4.07. The molecule has 5 nitrogen and oxygen atoms in total. The molecule has 1 aliphatic rings. The number of hydrogen-bond acceptors (Lipinski definition) is 4. The number of piperidine rings is 1. The van der Waals surface area contributed by atoms with E-state index in [1.54, 1.807) is 6.20 Å². The molecule has 2 aromatic carbocycles. The Morgan fingerprint density at radius 3 is 2.55 bits per heavy atom. The average Bonchev–Trinajstić information content (AvgIpc) is 2.87. The molecule has 2 N–H and O–H groups in total. The van der Waals surface area contributed by atoms with Crippen LogP contribution in [0.3, 0.4) is 0 Å². The van der Waals surface area contributed by atoms with Crippen molar-refractivity contribution in [1.82, 2.24) is 15.2 Å². The van der Waals surface area contributed by atoms with Gasteiger partial charge in [0.1, 0.15) is 0 Å². The third kappa shape index (κ3) is 7.29. The van der Waals surface area contributed by atoms with Crippen LogP contribution in [0.25, 0.3) is 12.2 Å². The number of rotatable bonds is 9. The first-order chi connectivity index (χ1) is 16.3. The van der Waals surface area contributed by atoms with Crippen LogP contribution in [0.2, 0.25) is 0 Å². The molecule has 0 atom stereocenters. The number of nitrogens with one attached hydrogen (secondary N) is 2. The van der Waals surface area contributed by atoms with Crippen molar-refractivity contribution in [1.29, 1.82) is 0 Å². The fourth-order valence-electron chi connectivity index (χ4n) is 4.07. The maximum Gasteiger partial charge on any atom is 0.251 e. The molecular formula is C28H32N4O. The molecule has 1 aliphatic heterocycles. The molecule has 0 unspecified atom stereocenters. The number of pyridine rings is 1. The van der Waals surface area contributed by atoms with Crippen LogP contribution in [0, 0.1) is 0 Å². The third-order valence-corrected chi connectivity index (χ3v) is 5.82. The smallest absolute Gasteiger partial charge is 0.251 e. The minimum Gasteiger partial charge on any atom is -0.355 e. The highest BCUT2D eigenvalue weighted by atomic mass is 16.1. The van der Waals surface area contributed by atoms with Gasteiger partial charge in [-0.1, -0.05) is 36.8 Å². The second-order valence-corrected chi connectivity index (χ2v) is 8.43. The lowest BCUT2D eigenvalue weighted by Crippen LogP contribution is -2.33. The monoisotopic (exact) mass is 440 g/mol. The molecule has 0 radical (unpaired) electrons. The van der Waals surface area contributed by atoms with Gasteiger partial charge in [-0.2, -0.15) is 0 Å². The van der Waals surface area contributed by atoms with Crippen LogP contribution >= 0.6 is 0 Å². The molecule has 1 fully saturated rings. The zero-order valence-electron chi connectivity index (χ0n) is 19.0. The molecule has 3 aromatic rings. The number of benzene rings is 2. The average molecular weight is 441 g/mol. The summed E-state index contributed by atoms with van der Waals surface area (Å²) >= 11 is 0. The van der Waals surface area contributed by atoms with Gasteiger partial charge in [0.15, 0.2) is 0 Å². The van der Waals surface area contributed by atoms with Gasteiger partial charge in [-0.3, -0.25) is 9.78 Å². The second-order valence-electron chi connectivity index (χ2n) is 8.43. The summed E-state index contributed by atoms with van der Waals surface area (Å²) in [5.74, 6) is -0.0238. The van der Waals surface area contributed by atoms with Crippen LogP contribution in [-0.2, 0) is 0 Å². The summed E-state index contributed by atoms with van der Waals surface area (Å²) in [6.07, 6.45) is 10.8. The zero-order chi connectivity index (χ0) is 22.7. The van der Waals surface area contributed by atoms with Crippen LogP contribution in [-0.4, -0.2) is 42.0 Å². The molecule has 1 amide bonds. The van der Waals surface area contributed by atoms with E-state index in [-0.39, 0.29) is 5.91 Å². The quantitative estimate of drug-likeness (QED) is 0.425. The van der Waals surface area contributed by atoms with Crippen LogP contribution in [0.4, 0.5) is 11.4 Å². The van der Waals surface area contributed by atoms with Crippen molar-refractivity contribution in [3.8, 4) is 0 Å². The maximum atomic E-state index is 12.6. The van der Waals surface area contributed by atoms with Gasteiger partial charge in [0.25, 0.3) is 5.91 Å². The van der Waals surface area contributed by atoms with Crippen molar-refractivity contribution in [2.45, 2.75) is 25.7 Å². The van der Waals surface area contributed by atoms with E-state index >= 15 is 0 Å². The Labute approximate surface area is 196 Å². The predicted octanol–water partition coefficient (Wildman–Crippen LogP) is 5.60. The highest BCUT2D eigenvalue weighted by Crippen LogP contribution is 2.20. The van der Waals surface area contributed by atoms with Gasteiger partial charge in [-0.15, -0.1) is 0 Å². The summed E-state index contributed by atoms with van der Waals surface area (Å²) in [4.78, 5) is 19.4. The molecule has 2 heterocycles. The maximum absolute atomic E-state index is 12.6. The molecule has 1 saturated heterocycles. The number of hydrogen-bond donors (Lipinski definition) is 2. The van der Waals surface area contributed by atoms with Crippen molar-refractivity contribution in [3.05, 3.63) is 89.7 Å². The number of anilines is 2. The van der Waals surface area contributed by atoms with Gasteiger partial charge >= 0.3 is 0 Å². The van der Waals surface area contributed by atoms with E-state index in [2.05, 4.69) is 32.7 Å². The minimum absolute atomic E-state index is 0.0238. The van der Waals surface area contributed by atoms with Gasteiger partial charge in [-0.25, -0.2) is 0 Å². The highest BCUT2D eigenvalue weighted by molar-refractivity contribution is 5.95. The summed E-state index contributed by atoms with van der Waals surface area (Å²) in [5, 5.41) is 6.47. The van der Waals surface area contributed by atoms with E-state index in [0.29, 0.717) is 12.1 Å². The molecule has 170 valence electrons. The van der Waals surface area contributed by atoms with Gasteiger partial charge in [-0.05, 0) is 93.0 Å². The summed E-state index contributed by atoms with van der Waals surface area (Å²) in [5.41, 5.74) is 4.53. The molecule has 0 spiro atoms. The van der Waals surface area contributed by atoms with E-state index in [1.807, 2.05) is 66.7 Å². The summed E-state index contributed by atoms with van der Waals surface area (Å²) in [7, 11) is 0. The van der Waals surface area contributed by atoms with Crippen LogP contribution in [0.15, 0.2) is 72.9 Å². The number of amides is 1. The third-order valence-electron chi connectivity index (χ3n) is 5.82. The topological polar surface area (TPSA) is 57.3 Å². The standard InChI is InChI=1S/C28H32N4O/c33-28(30-17-8-20-32-18-4-1-5-19-32)24-10-7-13-27(22-24)31-26-12-6-9-23(21-26)14-15-25-11-2-3-16-29-25/h2-3,6-7,9-16,21-22,31H,1,4-5,8,17-20H2,(H,30,33). The van der Waals surface area contributed by atoms with E-state index in [1.165, 1.54) is 32.4 Å². The lowest BCUT2D eigenvalue weighted by atomic mass is 10.1. The Morgan fingerprint density at radius 1 is 0.909 bits per heavy atom. The predicted molar refractivity (Wildman–Crippen MR) is 137 cm³/mol. The van der Waals surface area contributed by atoms with Crippen molar-refractivity contribution in [2.75, 3.05) is 31.5 Å². The molecule has 0 saturated carbocycles. The number of carbonyl (C=O) groups excluding carboxylic acids is 1. The van der Waals surface area contributed by atoms with Gasteiger partial charge in [0.2, 0.25) is 0 Å². The molecule has 0 bridgehead atoms. The highest BCUT2D eigenvalue weighted by Gasteiger charge is 2.10. The van der Waals surface area contributed by atoms with E-state index in [9.17, 15) is 4.79 Å². The molecule has 33 heavy (non-hydrogen) atoms. The van der Waals surface area contributed by atoms with Crippen molar-refractivity contribution >= 4 is 29.4 Å². The minimum atomic E-state index is -0.0238. The van der Waals surface area contributed by atoms with Gasteiger partial charge in [0, 0.05) is 29.7 Å². The molecule has 1 aromatic heterocycles. The Hall–Kier alpha value is -3.44. The normalized spacial score (nSPS) is 14.3. The fraction of sp³-hybridized carbons (Fsp3) is 0.286. The largest absolute Gasteiger partial charge is 0.355 e. The number of nitrogens with zero attached hydrogens (tertiary/aromatic N) is 2. The molecule has 5 heteroatoms. The summed E-state index contributed by atoms with van der Waals surface area (Å²) < 4.78 is 0. The lowest BCUT2D eigenvalue weighted by molar-refractivity contribution is 0.0951. The Bertz CT molecular complexity index is 1060. The van der Waals surface area contributed by atoms with Gasteiger partial charge in [0.05, 0.1) is 5.69 Å². The summed E-state index contributed by atoms with van der Waals surface area (Å²) in [6, 6.07) is 21.7. The SMILES string of the molecule is O=C(NCCCN1CCCCC1)c1cccc(Nc2cccc(C=Cc3ccccn3)c2)c1. The van der Waals surface area contributed by atoms with Crippen LogP contribution in [0.5, 0.6) is 0 Å². The summed E-state index contributed by atoms with van der Waals surface area (Å²) in [6.45, 7) is 4.16. The Morgan fingerprint density at radius 2 is 1.73 bits per heavy atom. The van der Waals surface area contributed by atoms with Crippen molar-refractivity contribution in [3.63, 3.8) is 0 Å². The second kappa shape index (κ2) is 12.0. The van der Waals surface area contributed by atoms with E-state index in [0.717, 1.165) is 35.6 Å². The van der Waals surface area contributed by atoms with E-state index < -0.39 is 0 Å².